The first-order valence-electron chi connectivity index (χ1n) is 7.07. The van der Waals surface area contributed by atoms with Crippen molar-refractivity contribution in [2.45, 2.75) is 31.8 Å². The van der Waals surface area contributed by atoms with E-state index in [4.69, 9.17) is 4.74 Å². The standard InChI is InChI=1S/C16H16N2O3/c19-16(20)13-10-14(21-12-8-4-5-9-12)18-15(17-13)11-6-2-1-3-7-11/h1-3,6-7,10,12H,4-5,8-9H2,(H,19,20). The summed E-state index contributed by atoms with van der Waals surface area (Å²) >= 11 is 0. The Balaban J connectivity index is 1.95. The van der Waals surface area contributed by atoms with Crippen LogP contribution in [0.15, 0.2) is 36.4 Å². The molecule has 1 aromatic carbocycles. The van der Waals surface area contributed by atoms with Crippen LogP contribution >= 0.6 is 0 Å². The normalized spacial score (nSPS) is 15.0. The molecule has 1 fully saturated rings. The summed E-state index contributed by atoms with van der Waals surface area (Å²) in [5, 5.41) is 9.20. The molecular weight excluding hydrogens is 268 g/mol. The maximum Gasteiger partial charge on any atom is 0.354 e. The molecule has 0 aliphatic heterocycles. The minimum atomic E-state index is -1.08. The summed E-state index contributed by atoms with van der Waals surface area (Å²) in [5.41, 5.74) is 0.730. The van der Waals surface area contributed by atoms with Gasteiger partial charge in [-0.3, -0.25) is 0 Å². The van der Waals surface area contributed by atoms with Crippen molar-refractivity contribution in [1.29, 1.82) is 0 Å². The second-order valence-electron chi connectivity index (χ2n) is 5.11. The van der Waals surface area contributed by atoms with Crippen LogP contribution in [0.5, 0.6) is 5.88 Å². The summed E-state index contributed by atoms with van der Waals surface area (Å²) in [4.78, 5) is 19.7. The molecule has 2 aromatic rings. The first kappa shape index (κ1) is 13.5. The number of hydrogen-bond donors (Lipinski definition) is 1. The Morgan fingerprint density at radius 1 is 1.14 bits per heavy atom. The number of hydrogen-bond acceptors (Lipinski definition) is 4. The molecule has 5 nitrogen and oxygen atoms in total. The fourth-order valence-electron chi connectivity index (χ4n) is 2.49. The van der Waals surface area contributed by atoms with Gasteiger partial charge in [-0.2, -0.15) is 4.98 Å². The molecule has 0 spiro atoms. The minimum Gasteiger partial charge on any atom is -0.477 e. The van der Waals surface area contributed by atoms with Crippen molar-refractivity contribution in [2.24, 2.45) is 0 Å². The first-order valence-corrected chi connectivity index (χ1v) is 7.07. The fraction of sp³-hybridized carbons (Fsp3) is 0.312. The average Bonchev–Trinajstić information content (AvgIpc) is 3.01. The summed E-state index contributed by atoms with van der Waals surface area (Å²) in [6, 6.07) is 10.7. The van der Waals surface area contributed by atoms with E-state index in [0.717, 1.165) is 31.2 Å². The fourth-order valence-corrected chi connectivity index (χ4v) is 2.49. The molecule has 21 heavy (non-hydrogen) atoms. The second kappa shape index (κ2) is 5.91. The molecule has 1 aliphatic rings. The smallest absolute Gasteiger partial charge is 0.354 e. The van der Waals surface area contributed by atoms with Gasteiger partial charge < -0.3 is 9.84 Å². The Labute approximate surface area is 122 Å². The zero-order chi connectivity index (χ0) is 14.7. The van der Waals surface area contributed by atoms with Crippen LogP contribution in [0.4, 0.5) is 0 Å². The number of nitrogens with zero attached hydrogens (tertiary/aromatic N) is 2. The van der Waals surface area contributed by atoms with E-state index in [1.165, 1.54) is 6.07 Å². The van der Waals surface area contributed by atoms with E-state index in [0.29, 0.717) is 11.7 Å². The lowest BCUT2D eigenvalue weighted by Gasteiger charge is -2.13. The Hall–Kier alpha value is -2.43. The maximum absolute atomic E-state index is 11.2. The predicted octanol–water partition coefficient (Wildman–Crippen LogP) is 3.16. The van der Waals surface area contributed by atoms with Crippen molar-refractivity contribution < 1.29 is 14.6 Å². The van der Waals surface area contributed by atoms with Crippen molar-refractivity contribution in [3.63, 3.8) is 0 Å². The van der Waals surface area contributed by atoms with Gasteiger partial charge in [0.15, 0.2) is 11.5 Å². The molecule has 1 aromatic heterocycles. The number of carboxylic acids is 1. The molecule has 0 saturated heterocycles. The van der Waals surface area contributed by atoms with Crippen LogP contribution in [0.2, 0.25) is 0 Å². The zero-order valence-corrected chi connectivity index (χ0v) is 11.5. The Morgan fingerprint density at radius 2 is 1.86 bits per heavy atom. The van der Waals surface area contributed by atoms with E-state index in [9.17, 15) is 9.90 Å². The Bertz CT molecular complexity index is 637. The summed E-state index contributed by atoms with van der Waals surface area (Å²) in [5.74, 6) is -0.359. The van der Waals surface area contributed by atoms with Crippen LogP contribution in [0.1, 0.15) is 36.2 Å². The van der Waals surface area contributed by atoms with Crippen molar-refractivity contribution in [3.8, 4) is 17.3 Å². The molecule has 3 rings (SSSR count). The van der Waals surface area contributed by atoms with Gasteiger partial charge in [0, 0.05) is 11.6 Å². The number of carbonyl (C=O) groups is 1. The number of benzene rings is 1. The molecule has 1 heterocycles. The molecule has 0 bridgehead atoms. The van der Waals surface area contributed by atoms with Crippen molar-refractivity contribution in [3.05, 3.63) is 42.1 Å². The third-order valence-corrected chi connectivity index (χ3v) is 3.54. The van der Waals surface area contributed by atoms with Crippen LogP contribution in [-0.4, -0.2) is 27.1 Å². The molecule has 0 amide bonds. The molecule has 108 valence electrons. The quantitative estimate of drug-likeness (QED) is 0.933. The molecule has 5 heteroatoms. The van der Waals surface area contributed by atoms with Gasteiger partial charge in [0.1, 0.15) is 6.10 Å². The van der Waals surface area contributed by atoms with Gasteiger partial charge in [0.25, 0.3) is 0 Å². The number of ether oxygens (including phenoxy) is 1. The molecule has 1 aliphatic carbocycles. The molecule has 0 unspecified atom stereocenters. The minimum absolute atomic E-state index is 0.0446. The number of aromatic carboxylic acids is 1. The monoisotopic (exact) mass is 284 g/mol. The van der Waals surface area contributed by atoms with Crippen LogP contribution in [0, 0.1) is 0 Å². The van der Waals surface area contributed by atoms with E-state index in [-0.39, 0.29) is 11.8 Å². The van der Waals surface area contributed by atoms with Gasteiger partial charge in [-0.1, -0.05) is 30.3 Å². The second-order valence-corrected chi connectivity index (χ2v) is 5.11. The highest BCUT2D eigenvalue weighted by Crippen LogP contribution is 2.25. The molecule has 1 saturated carbocycles. The SMILES string of the molecule is O=C(O)c1cc(OC2CCCC2)nc(-c2ccccc2)n1. The Morgan fingerprint density at radius 3 is 2.52 bits per heavy atom. The highest BCUT2D eigenvalue weighted by atomic mass is 16.5. The number of aromatic nitrogens is 2. The lowest BCUT2D eigenvalue weighted by molar-refractivity contribution is 0.0689. The molecular formula is C16H16N2O3. The van der Waals surface area contributed by atoms with Crippen LogP contribution < -0.4 is 4.74 Å². The van der Waals surface area contributed by atoms with Gasteiger partial charge in [-0.05, 0) is 25.7 Å². The lowest BCUT2D eigenvalue weighted by atomic mass is 10.2. The summed E-state index contributed by atoms with van der Waals surface area (Å²) in [7, 11) is 0. The van der Waals surface area contributed by atoms with Gasteiger partial charge in [-0.25, -0.2) is 9.78 Å². The molecule has 1 N–H and O–H groups in total. The van der Waals surface area contributed by atoms with E-state index in [1.807, 2.05) is 30.3 Å². The molecule has 0 atom stereocenters. The van der Waals surface area contributed by atoms with Gasteiger partial charge >= 0.3 is 5.97 Å². The number of rotatable bonds is 4. The third-order valence-electron chi connectivity index (χ3n) is 3.54. The summed E-state index contributed by atoms with van der Waals surface area (Å²) < 4.78 is 5.81. The Kier molecular flexibility index (Phi) is 3.81. The lowest BCUT2D eigenvalue weighted by Crippen LogP contribution is -2.13. The van der Waals surface area contributed by atoms with E-state index in [1.54, 1.807) is 0 Å². The highest BCUT2D eigenvalue weighted by Gasteiger charge is 2.19. The van der Waals surface area contributed by atoms with Gasteiger partial charge in [0.2, 0.25) is 5.88 Å². The van der Waals surface area contributed by atoms with Crippen LogP contribution in [0.25, 0.3) is 11.4 Å². The van der Waals surface area contributed by atoms with E-state index in [2.05, 4.69) is 9.97 Å². The summed E-state index contributed by atoms with van der Waals surface area (Å²) in [6.45, 7) is 0. The predicted molar refractivity (Wildman–Crippen MR) is 77.3 cm³/mol. The van der Waals surface area contributed by atoms with Crippen LogP contribution in [0.3, 0.4) is 0 Å². The average molecular weight is 284 g/mol. The van der Waals surface area contributed by atoms with Crippen molar-refractivity contribution in [2.75, 3.05) is 0 Å². The topological polar surface area (TPSA) is 72.3 Å². The number of carboxylic acid groups (broad SMARTS) is 1. The molecule has 0 radical (unpaired) electrons. The van der Waals surface area contributed by atoms with E-state index < -0.39 is 5.97 Å². The highest BCUT2D eigenvalue weighted by molar-refractivity contribution is 5.86. The van der Waals surface area contributed by atoms with Crippen LogP contribution in [-0.2, 0) is 0 Å². The van der Waals surface area contributed by atoms with Gasteiger partial charge in [0.05, 0.1) is 0 Å². The first-order chi connectivity index (χ1) is 10.2. The van der Waals surface area contributed by atoms with Crippen molar-refractivity contribution in [1.82, 2.24) is 9.97 Å². The van der Waals surface area contributed by atoms with Gasteiger partial charge in [-0.15, -0.1) is 0 Å². The third kappa shape index (κ3) is 3.18. The largest absolute Gasteiger partial charge is 0.477 e. The summed E-state index contributed by atoms with van der Waals surface area (Å²) in [6.07, 6.45) is 4.41. The van der Waals surface area contributed by atoms with E-state index >= 15 is 0 Å². The van der Waals surface area contributed by atoms with Crippen molar-refractivity contribution >= 4 is 5.97 Å². The zero-order valence-electron chi connectivity index (χ0n) is 11.5. The maximum atomic E-state index is 11.2.